The SMILES string of the molecule is CCCC1CCC(C(=O)Nc2nc3ccc(OCC)cc3s2)CC1. The highest BCUT2D eigenvalue weighted by molar-refractivity contribution is 7.22. The molecule has 1 N–H and O–H groups in total. The Labute approximate surface area is 147 Å². The van der Waals surface area contributed by atoms with E-state index in [1.54, 1.807) is 0 Å². The zero-order valence-corrected chi connectivity index (χ0v) is 15.3. The van der Waals surface area contributed by atoms with Crippen molar-refractivity contribution in [2.24, 2.45) is 11.8 Å². The number of carbonyl (C=O) groups excluding carboxylic acids is 1. The Morgan fingerprint density at radius 3 is 2.79 bits per heavy atom. The van der Waals surface area contributed by atoms with Crippen LogP contribution in [0.15, 0.2) is 18.2 Å². The van der Waals surface area contributed by atoms with Gasteiger partial charge in [0, 0.05) is 5.92 Å². The van der Waals surface area contributed by atoms with Gasteiger partial charge in [-0.25, -0.2) is 4.98 Å². The molecule has 0 saturated heterocycles. The lowest BCUT2D eigenvalue weighted by Gasteiger charge is -2.27. The first-order chi connectivity index (χ1) is 11.7. The smallest absolute Gasteiger partial charge is 0.229 e. The van der Waals surface area contributed by atoms with E-state index in [-0.39, 0.29) is 11.8 Å². The van der Waals surface area contributed by atoms with E-state index < -0.39 is 0 Å². The number of fused-ring (bicyclic) bond motifs is 1. The van der Waals surface area contributed by atoms with Crippen LogP contribution >= 0.6 is 11.3 Å². The van der Waals surface area contributed by atoms with E-state index >= 15 is 0 Å². The van der Waals surface area contributed by atoms with Gasteiger partial charge in [-0.05, 0) is 56.7 Å². The molecule has 1 aliphatic rings. The number of hydrogen-bond donors (Lipinski definition) is 1. The molecule has 2 aromatic rings. The maximum atomic E-state index is 12.5. The molecule has 1 aromatic heterocycles. The van der Waals surface area contributed by atoms with Gasteiger partial charge in [0.25, 0.3) is 0 Å². The van der Waals surface area contributed by atoms with Crippen molar-refractivity contribution >= 4 is 32.6 Å². The predicted molar refractivity (Wildman–Crippen MR) is 99.8 cm³/mol. The minimum atomic E-state index is 0.133. The van der Waals surface area contributed by atoms with Crippen LogP contribution in [0.2, 0.25) is 0 Å². The summed E-state index contributed by atoms with van der Waals surface area (Å²) in [7, 11) is 0. The second-order valence-corrected chi connectivity index (χ2v) is 7.61. The number of rotatable bonds is 6. The molecule has 1 aromatic carbocycles. The van der Waals surface area contributed by atoms with E-state index in [1.807, 2.05) is 25.1 Å². The summed E-state index contributed by atoms with van der Waals surface area (Å²) in [6, 6.07) is 5.86. The van der Waals surface area contributed by atoms with Crippen molar-refractivity contribution in [1.29, 1.82) is 0 Å². The van der Waals surface area contributed by atoms with Gasteiger partial charge < -0.3 is 10.1 Å². The maximum Gasteiger partial charge on any atom is 0.229 e. The van der Waals surface area contributed by atoms with Gasteiger partial charge in [-0.3, -0.25) is 4.79 Å². The minimum Gasteiger partial charge on any atom is -0.494 e. The van der Waals surface area contributed by atoms with Crippen molar-refractivity contribution in [3.05, 3.63) is 18.2 Å². The number of nitrogens with zero attached hydrogens (tertiary/aromatic N) is 1. The molecule has 130 valence electrons. The maximum absolute atomic E-state index is 12.5. The van der Waals surface area contributed by atoms with Gasteiger partial charge >= 0.3 is 0 Å². The lowest BCUT2D eigenvalue weighted by atomic mass is 9.80. The van der Waals surface area contributed by atoms with Crippen molar-refractivity contribution in [1.82, 2.24) is 4.98 Å². The van der Waals surface area contributed by atoms with Crippen LogP contribution in [0, 0.1) is 11.8 Å². The first kappa shape index (κ1) is 17.2. The number of thiazole rings is 1. The first-order valence-electron chi connectivity index (χ1n) is 9.03. The quantitative estimate of drug-likeness (QED) is 0.778. The van der Waals surface area contributed by atoms with Crippen LogP contribution in [0.3, 0.4) is 0 Å². The summed E-state index contributed by atoms with van der Waals surface area (Å²) in [5.74, 6) is 1.94. The molecule has 3 rings (SSSR count). The first-order valence-corrected chi connectivity index (χ1v) is 9.85. The summed E-state index contributed by atoms with van der Waals surface area (Å²) in [6.45, 7) is 4.86. The highest BCUT2D eigenvalue weighted by Gasteiger charge is 2.26. The molecule has 4 nitrogen and oxygen atoms in total. The molecule has 1 aliphatic carbocycles. The second-order valence-electron chi connectivity index (χ2n) is 6.58. The molecule has 1 saturated carbocycles. The zero-order valence-electron chi connectivity index (χ0n) is 14.5. The summed E-state index contributed by atoms with van der Waals surface area (Å²) < 4.78 is 6.57. The molecule has 0 unspecified atom stereocenters. The number of carbonyl (C=O) groups is 1. The average molecular weight is 346 g/mol. The van der Waals surface area contributed by atoms with E-state index in [1.165, 1.54) is 37.0 Å². The van der Waals surface area contributed by atoms with Crippen LogP contribution < -0.4 is 10.1 Å². The van der Waals surface area contributed by atoms with Crippen molar-refractivity contribution in [2.75, 3.05) is 11.9 Å². The third-order valence-corrected chi connectivity index (χ3v) is 5.75. The molecule has 1 amide bonds. The predicted octanol–water partition coefficient (Wildman–Crippen LogP) is 5.24. The van der Waals surface area contributed by atoms with Crippen LogP contribution in [-0.4, -0.2) is 17.5 Å². The Morgan fingerprint density at radius 2 is 2.08 bits per heavy atom. The summed E-state index contributed by atoms with van der Waals surface area (Å²) >= 11 is 1.52. The largest absolute Gasteiger partial charge is 0.494 e. The third kappa shape index (κ3) is 4.07. The molecular weight excluding hydrogens is 320 g/mol. The standard InChI is InChI=1S/C19H26N2O2S/c1-3-5-13-6-8-14(9-7-13)18(22)21-19-20-16-11-10-15(23-4-2)12-17(16)24-19/h10-14H,3-9H2,1-2H3,(H,20,21,22). The topological polar surface area (TPSA) is 51.2 Å². The van der Waals surface area contributed by atoms with Gasteiger partial charge in [0.2, 0.25) is 5.91 Å². The van der Waals surface area contributed by atoms with Gasteiger partial charge in [-0.2, -0.15) is 0 Å². The van der Waals surface area contributed by atoms with Gasteiger partial charge in [-0.15, -0.1) is 0 Å². The molecule has 1 heterocycles. The van der Waals surface area contributed by atoms with E-state index in [0.29, 0.717) is 11.7 Å². The summed E-state index contributed by atoms with van der Waals surface area (Å²) in [5, 5.41) is 3.72. The molecule has 0 atom stereocenters. The van der Waals surface area contributed by atoms with Gasteiger partial charge in [0.1, 0.15) is 5.75 Å². The minimum absolute atomic E-state index is 0.133. The normalized spacial score (nSPS) is 20.9. The van der Waals surface area contributed by atoms with Crippen LogP contribution in [0.4, 0.5) is 5.13 Å². The van der Waals surface area contributed by atoms with Gasteiger partial charge in [0.05, 0.1) is 16.8 Å². The number of amides is 1. The summed E-state index contributed by atoms with van der Waals surface area (Å²) in [6.07, 6.45) is 6.93. The lowest BCUT2D eigenvalue weighted by Crippen LogP contribution is -2.27. The van der Waals surface area contributed by atoms with Gasteiger partial charge in [-0.1, -0.05) is 31.1 Å². The Balaban J connectivity index is 1.61. The van der Waals surface area contributed by atoms with E-state index in [4.69, 9.17) is 4.74 Å². The molecular formula is C19H26N2O2S. The number of ether oxygens (including phenoxy) is 1. The number of anilines is 1. The van der Waals surface area contributed by atoms with Crippen molar-refractivity contribution in [3.8, 4) is 5.75 Å². The van der Waals surface area contributed by atoms with Crippen LogP contribution in [0.1, 0.15) is 52.4 Å². The average Bonchev–Trinajstić information content (AvgIpc) is 2.97. The second kappa shape index (κ2) is 7.97. The number of benzene rings is 1. The molecule has 0 radical (unpaired) electrons. The third-order valence-electron chi connectivity index (χ3n) is 4.82. The Morgan fingerprint density at radius 1 is 1.29 bits per heavy atom. The van der Waals surface area contributed by atoms with E-state index in [2.05, 4.69) is 17.2 Å². The molecule has 1 fully saturated rings. The van der Waals surface area contributed by atoms with Crippen molar-refractivity contribution in [3.63, 3.8) is 0 Å². The van der Waals surface area contributed by atoms with Crippen molar-refractivity contribution < 1.29 is 9.53 Å². The molecule has 0 aliphatic heterocycles. The molecule has 0 spiro atoms. The highest BCUT2D eigenvalue weighted by Crippen LogP contribution is 2.33. The Hall–Kier alpha value is -1.62. The number of aromatic nitrogens is 1. The number of hydrogen-bond acceptors (Lipinski definition) is 4. The summed E-state index contributed by atoms with van der Waals surface area (Å²) in [4.78, 5) is 17.0. The zero-order chi connectivity index (χ0) is 16.9. The fraction of sp³-hybridized carbons (Fsp3) is 0.579. The van der Waals surface area contributed by atoms with E-state index in [9.17, 15) is 4.79 Å². The molecule has 0 bridgehead atoms. The fourth-order valence-electron chi connectivity index (χ4n) is 3.54. The van der Waals surface area contributed by atoms with Crippen molar-refractivity contribution in [2.45, 2.75) is 52.4 Å². The Kier molecular flexibility index (Phi) is 5.72. The van der Waals surface area contributed by atoms with Crippen LogP contribution in [0.25, 0.3) is 10.2 Å². The fourth-order valence-corrected chi connectivity index (χ4v) is 4.44. The Bertz CT molecular complexity index is 690. The lowest BCUT2D eigenvalue weighted by molar-refractivity contribution is -0.121. The summed E-state index contributed by atoms with van der Waals surface area (Å²) in [5.41, 5.74) is 0.908. The molecule has 24 heavy (non-hydrogen) atoms. The molecule has 5 heteroatoms. The van der Waals surface area contributed by atoms with Gasteiger partial charge in [0.15, 0.2) is 5.13 Å². The monoisotopic (exact) mass is 346 g/mol. The van der Waals surface area contributed by atoms with Crippen LogP contribution in [-0.2, 0) is 4.79 Å². The van der Waals surface area contributed by atoms with Crippen LogP contribution in [0.5, 0.6) is 5.75 Å². The number of nitrogens with one attached hydrogen (secondary N) is 1. The van der Waals surface area contributed by atoms with E-state index in [0.717, 1.165) is 34.7 Å². The highest BCUT2D eigenvalue weighted by atomic mass is 32.1.